The first kappa shape index (κ1) is 11.2. The molecule has 2 rings (SSSR count). The molecule has 0 spiro atoms. The number of nitrogens with zero attached hydrogens (tertiary/aromatic N) is 2. The quantitative estimate of drug-likeness (QED) is 0.809. The lowest BCUT2D eigenvalue weighted by molar-refractivity contribution is -0.00500. The summed E-state index contributed by atoms with van der Waals surface area (Å²) in [5.41, 5.74) is 6.34. The van der Waals surface area contributed by atoms with E-state index in [0.29, 0.717) is 10.6 Å². The van der Waals surface area contributed by atoms with Gasteiger partial charge in [-0.3, -0.25) is 0 Å². The highest BCUT2D eigenvalue weighted by atomic mass is 32.1. The summed E-state index contributed by atoms with van der Waals surface area (Å²) in [4.78, 5) is 2.84. The van der Waals surface area contributed by atoms with E-state index in [1.165, 1.54) is 11.3 Å². The molecule has 2 N–H and O–H groups in total. The summed E-state index contributed by atoms with van der Waals surface area (Å²) in [5.74, 6) is 0. The number of hydrogen-bond donors (Lipinski definition) is 1. The molecule has 5 heteroatoms. The van der Waals surface area contributed by atoms with E-state index < -0.39 is 0 Å². The van der Waals surface area contributed by atoms with Crippen LogP contribution in [0.2, 0.25) is 0 Å². The first-order chi connectivity index (χ1) is 7.60. The summed E-state index contributed by atoms with van der Waals surface area (Å²) in [6.45, 7) is 5.83. The normalized spacial score (nSPS) is 25.4. The highest BCUT2D eigenvalue weighted by Gasteiger charge is 2.24. The van der Waals surface area contributed by atoms with Crippen molar-refractivity contribution in [3.8, 4) is 6.07 Å². The number of nitriles is 1. The van der Waals surface area contributed by atoms with E-state index >= 15 is 0 Å². The van der Waals surface area contributed by atoms with Crippen molar-refractivity contribution < 1.29 is 4.74 Å². The summed E-state index contributed by atoms with van der Waals surface area (Å²) in [6, 6.07) is 4.00. The third kappa shape index (κ3) is 2.13. The number of nitrogen functional groups attached to an aromatic ring is 1. The van der Waals surface area contributed by atoms with Gasteiger partial charge in [0.1, 0.15) is 10.9 Å². The zero-order chi connectivity index (χ0) is 11.7. The van der Waals surface area contributed by atoms with Crippen LogP contribution in [-0.2, 0) is 4.74 Å². The smallest absolute Gasteiger partial charge is 0.129 e. The summed E-state index contributed by atoms with van der Waals surface area (Å²) >= 11 is 1.45. The van der Waals surface area contributed by atoms with Crippen LogP contribution in [0, 0.1) is 11.3 Å². The molecule has 4 nitrogen and oxygen atoms in total. The minimum absolute atomic E-state index is 0.220. The zero-order valence-electron chi connectivity index (χ0n) is 9.43. The second-order valence-corrected chi connectivity index (χ2v) is 5.17. The number of rotatable bonds is 1. The van der Waals surface area contributed by atoms with Gasteiger partial charge < -0.3 is 15.4 Å². The fourth-order valence-corrected chi connectivity index (χ4v) is 2.89. The lowest BCUT2D eigenvalue weighted by Gasteiger charge is -2.35. The van der Waals surface area contributed by atoms with E-state index in [0.717, 1.165) is 18.1 Å². The van der Waals surface area contributed by atoms with Crippen molar-refractivity contribution in [3.63, 3.8) is 0 Å². The Hall–Kier alpha value is -1.25. The van der Waals surface area contributed by atoms with Gasteiger partial charge in [-0.2, -0.15) is 5.26 Å². The number of hydrogen-bond acceptors (Lipinski definition) is 5. The fourth-order valence-electron chi connectivity index (χ4n) is 1.99. The Morgan fingerprint density at radius 3 is 2.62 bits per heavy atom. The van der Waals surface area contributed by atoms with Crippen molar-refractivity contribution in [1.29, 1.82) is 5.26 Å². The highest BCUT2D eigenvalue weighted by molar-refractivity contribution is 7.17. The first-order valence-corrected chi connectivity index (χ1v) is 6.11. The maximum Gasteiger partial charge on any atom is 0.129 e. The molecule has 1 aromatic rings. The molecular formula is C11H15N3OS. The van der Waals surface area contributed by atoms with E-state index in [1.54, 1.807) is 0 Å². The van der Waals surface area contributed by atoms with Crippen molar-refractivity contribution in [2.75, 3.05) is 23.7 Å². The van der Waals surface area contributed by atoms with Crippen LogP contribution in [0.25, 0.3) is 0 Å². The average Bonchev–Trinajstić information content (AvgIpc) is 2.58. The van der Waals surface area contributed by atoms with Crippen LogP contribution < -0.4 is 10.6 Å². The van der Waals surface area contributed by atoms with Gasteiger partial charge in [0.15, 0.2) is 0 Å². The molecule has 1 saturated heterocycles. The molecule has 86 valence electrons. The van der Waals surface area contributed by atoms with Crippen LogP contribution in [0.1, 0.15) is 18.7 Å². The number of morpholine rings is 1. The zero-order valence-corrected chi connectivity index (χ0v) is 10.3. The molecular weight excluding hydrogens is 222 g/mol. The summed E-state index contributed by atoms with van der Waals surface area (Å²) in [5, 5.41) is 9.94. The van der Waals surface area contributed by atoms with Crippen LogP contribution >= 0.6 is 11.3 Å². The fraction of sp³-hybridized carbons (Fsp3) is 0.545. The van der Waals surface area contributed by atoms with Crippen LogP contribution in [0.4, 0.5) is 10.7 Å². The Balaban J connectivity index is 2.20. The van der Waals surface area contributed by atoms with Crippen molar-refractivity contribution >= 4 is 22.0 Å². The second kappa shape index (κ2) is 4.32. The highest BCUT2D eigenvalue weighted by Crippen LogP contribution is 2.33. The monoisotopic (exact) mass is 237 g/mol. The molecule has 0 amide bonds. The molecule has 1 aliphatic rings. The van der Waals surface area contributed by atoms with Gasteiger partial charge in [-0.15, -0.1) is 11.3 Å². The molecule has 0 aromatic carbocycles. The topological polar surface area (TPSA) is 62.3 Å². The summed E-state index contributed by atoms with van der Waals surface area (Å²) < 4.78 is 5.67. The Morgan fingerprint density at radius 2 is 2.12 bits per heavy atom. The van der Waals surface area contributed by atoms with Crippen molar-refractivity contribution in [3.05, 3.63) is 10.9 Å². The van der Waals surface area contributed by atoms with Gasteiger partial charge in [-0.05, 0) is 19.9 Å². The van der Waals surface area contributed by atoms with Gasteiger partial charge in [0.2, 0.25) is 0 Å². The van der Waals surface area contributed by atoms with E-state index in [-0.39, 0.29) is 12.2 Å². The summed E-state index contributed by atoms with van der Waals surface area (Å²) in [7, 11) is 0. The first-order valence-electron chi connectivity index (χ1n) is 5.30. The minimum Gasteiger partial charge on any atom is -0.397 e. The number of thiophene rings is 1. The number of ether oxygens (including phenoxy) is 1. The number of nitrogens with two attached hydrogens (primary N) is 1. The molecule has 1 aliphatic heterocycles. The molecule has 0 aliphatic carbocycles. The van der Waals surface area contributed by atoms with Gasteiger partial charge in [-0.25, -0.2) is 0 Å². The van der Waals surface area contributed by atoms with E-state index in [4.69, 9.17) is 15.7 Å². The van der Waals surface area contributed by atoms with E-state index in [2.05, 4.69) is 24.8 Å². The third-order valence-corrected chi connectivity index (χ3v) is 3.70. The maximum absolute atomic E-state index is 8.87. The molecule has 0 unspecified atom stereocenters. The van der Waals surface area contributed by atoms with Gasteiger partial charge in [0.05, 0.1) is 22.9 Å². The Kier molecular flexibility index (Phi) is 3.03. The molecule has 1 aromatic heterocycles. The lowest BCUT2D eigenvalue weighted by Crippen LogP contribution is -2.45. The lowest BCUT2D eigenvalue weighted by atomic mass is 10.2. The van der Waals surface area contributed by atoms with E-state index in [9.17, 15) is 0 Å². The molecule has 0 radical (unpaired) electrons. The predicted molar refractivity (Wildman–Crippen MR) is 65.7 cm³/mol. The molecule has 0 saturated carbocycles. The second-order valence-electron chi connectivity index (χ2n) is 4.14. The molecule has 0 bridgehead atoms. The van der Waals surface area contributed by atoms with Crippen LogP contribution in [0.15, 0.2) is 6.07 Å². The Labute approximate surface area is 99.2 Å². The van der Waals surface area contributed by atoms with E-state index in [1.807, 2.05) is 6.07 Å². The van der Waals surface area contributed by atoms with Crippen molar-refractivity contribution in [1.82, 2.24) is 0 Å². The Bertz CT molecular complexity index is 413. The Morgan fingerprint density at radius 1 is 1.50 bits per heavy atom. The van der Waals surface area contributed by atoms with Gasteiger partial charge >= 0.3 is 0 Å². The van der Waals surface area contributed by atoms with Crippen molar-refractivity contribution in [2.45, 2.75) is 26.1 Å². The van der Waals surface area contributed by atoms with Gasteiger partial charge in [-0.1, -0.05) is 0 Å². The van der Waals surface area contributed by atoms with Gasteiger partial charge in [0.25, 0.3) is 0 Å². The minimum atomic E-state index is 0.220. The summed E-state index contributed by atoms with van der Waals surface area (Å²) in [6.07, 6.45) is 0.440. The van der Waals surface area contributed by atoms with Crippen LogP contribution in [-0.4, -0.2) is 25.3 Å². The van der Waals surface area contributed by atoms with Crippen LogP contribution in [0.5, 0.6) is 0 Å². The third-order valence-electron chi connectivity index (χ3n) is 2.58. The molecule has 2 heterocycles. The van der Waals surface area contributed by atoms with Crippen LogP contribution in [0.3, 0.4) is 0 Å². The SMILES string of the molecule is C[C@@H]1CN(c2cc(N)c(C#N)s2)C[C@H](C)O1. The molecule has 16 heavy (non-hydrogen) atoms. The molecule has 2 atom stereocenters. The average molecular weight is 237 g/mol. The van der Waals surface area contributed by atoms with Gasteiger partial charge in [0, 0.05) is 13.1 Å². The maximum atomic E-state index is 8.87. The van der Waals surface area contributed by atoms with Crippen molar-refractivity contribution in [2.24, 2.45) is 0 Å². The predicted octanol–water partition coefficient (Wildman–Crippen LogP) is 1.82. The number of anilines is 2. The molecule has 1 fully saturated rings. The largest absolute Gasteiger partial charge is 0.397 e. The standard InChI is InChI=1S/C11H15N3OS/c1-7-5-14(6-8(2)15-7)11-3-9(13)10(4-12)16-11/h3,7-8H,5-6,13H2,1-2H3/t7-,8+.